The van der Waals surface area contributed by atoms with E-state index in [2.05, 4.69) is 37.9 Å². The first kappa shape index (κ1) is 16.2. The molecule has 0 aliphatic heterocycles. The molecule has 8 heteroatoms. The highest BCUT2D eigenvalue weighted by atomic mass is 127. The highest BCUT2D eigenvalue weighted by molar-refractivity contribution is 14.1. The molecule has 1 amide bonds. The molecule has 0 aliphatic rings. The lowest BCUT2D eigenvalue weighted by Crippen LogP contribution is -2.14. The molecule has 3 aromatic rings. The molecule has 1 heterocycles. The third-order valence-electron chi connectivity index (χ3n) is 2.97. The molecule has 23 heavy (non-hydrogen) atoms. The van der Waals surface area contributed by atoms with E-state index in [0.717, 1.165) is 27.5 Å². The fourth-order valence-corrected chi connectivity index (χ4v) is 2.96. The maximum absolute atomic E-state index is 13.1. The Bertz CT molecular complexity index is 828. The Morgan fingerprint density at radius 2 is 1.91 bits per heavy atom. The predicted octanol–water partition coefficient (Wildman–Crippen LogP) is 4.18. The Labute approximate surface area is 148 Å². The normalized spacial score (nSPS) is 10.9. The summed E-state index contributed by atoms with van der Waals surface area (Å²) in [5.41, 5.74) is 1.43. The van der Waals surface area contributed by atoms with Crippen molar-refractivity contribution in [1.82, 2.24) is 9.97 Å². The molecule has 0 bridgehead atoms. The number of imidazole rings is 1. The van der Waals surface area contributed by atoms with Crippen molar-refractivity contribution < 1.29 is 13.6 Å². The smallest absolute Gasteiger partial charge is 0.234 e. The summed E-state index contributed by atoms with van der Waals surface area (Å²) < 4.78 is 27.4. The SMILES string of the molecule is O=C(CSc1nc2cc(F)c(F)cc2[nH]1)Nc1ccc(I)cc1. The number of carbonyl (C=O) groups excluding carboxylic acids is 1. The summed E-state index contributed by atoms with van der Waals surface area (Å²) in [4.78, 5) is 18.9. The second-order valence-electron chi connectivity index (χ2n) is 4.67. The summed E-state index contributed by atoms with van der Waals surface area (Å²) >= 11 is 3.35. The lowest BCUT2D eigenvalue weighted by molar-refractivity contribution is -0.113. The number of carbonyl (C=O) groups is 1. The van der Waals surface area contributed by atoms with E-state index in [4.69, 9.17) is 0 Å². The van der Waals surface area contributed by atoms with Gasteiger partial charge in [-0.25, -0.2) is 13.8 Å². The number of thioether (sulfide) groups is 1. The van der Waals surface area contributed by atoms with Gasteiger partial charge >= 0.3 is 0 Å². The van der Waals surface area contributed by atoms with Crippen molar-refractivity contribution in [2.75, 3.05) is 11.1 Å². The van der Waals surface area contributed by atoms with Gasteiger partial charge in [-0.3, -0.25) is 4.79 Å². The summed E-state index contributed by atoms with van der Waals surface area (Å²) in [6.45, 7) is 0. The van der Waals surface area contributed by atoms with Crippen LogP contribution in [0.2, 0.25) is 0 Å². The zero-order chi connectivity index (χ0) is 16.4. The molecule has 2 N–H and O–H groups in total. The molecule has 3 rings (SSSR count). The van der Waals surface area contributed by atoms with E-state index >= 15 is 0 Å². The van der Waals surface area contributed by atoms with E-state index in [-0.39, 0.29) is 11.7 Å². The molecule has 0 radical (unpaired) electrons. The van der Waals surface area contributed by atoms with Crippen LogP contribution in [0.5, 0.6) is 0 Å². The minimum atomic E-state index is -0.947. The number of halogens is 3. The molecule has 0 aliphatic carbocycles. The summed E-state index contributed by atoms with van der Waals surface area (Å²) in [5.74, 6) is -1.93. The van der Waals surface area contributed by atoms with Gasteiger partial charge in [0.15, 0.2) is 16.8 Å². The van der Waals surface area contributed by atoms with Crippen LogP contribution in [0.15, 0.2) is 41.6 Å². The molecule has 4 nitrogen and oxygen atoms in total. The van der Waals surface area contributed by atoms with Crippen molar-refractivity contribution in [3.8, 4) is 0 Å². The summed E-state index contributed by atoms with van der Waals surface area (Å²) in [5, 5.41) is 3.20. The predicted molar refractivity (Wildman–Crippen MR) is 94.5 cm³/mol. The Morgan fingerprint density at radius 3 is 2.65 bits per heavy atom. The van der Waals surface area contributed by atoms with Gasteiger partial charge in [-0.15, -0.1) is 0 Å². The van der Waals surface area contributed by atoms with Crippen LogP contribution in [0.25, 0.3) is 11.0 Å². The standard InChI is InChI=1S/C15H10F2IN3OS/c16-10-5-12-13(6-11(10)17)21-15(20-12)23-7-14(22)19-9-3-1-8(18)2-4-9/h1-6H,7H2,(H,19,22)(H,20,21). The Hall–Kier alpha value is -1.68. The number of amides is 1. The number of hydrogen-bond donors (Lipinski definition) is 2. The van der Waals surface area contributed by atoms with Crippen LogP contribution in [0.3, 0.4) is 0 Å². The maximum Gasteiger partial charge on any atom is 0.234 e. The van der Waals surface area contributed by atoms with Gasteiger partial charge in [-0.2, -0.15) is 0 Å². The highest BCUT2D eigenvalue weighted by Gasteiger charge is 2.10. The monoisotopic (exact) mass is 445 g/mol. The first-order valence-electron chi connectivity index (χ1n) is 6.54. The van der Waals surface area contributed by atoms with Crippen molar-refractivity contribution in [3.05, 3.63) is 51.6 Å². The number of aromatic amines is 1. The second-order valence-corrected chi connectivity index (χ2v) is 6.88. The summed E-state index contributed by atoms with van der Waals surface area (Å²) in [7, 11) is 0. The zero-order valence-corrected chi connectivity index (χ0v) is 14.5. The number of nitrogens with one attached hydrogen (secondary N) is 2. The number of nitrogens with zero attached hydrogens (tertiary/aromatic N) is 1. The Morgan fingerprint density at radius 1 is 1.22 bits per heavy atom. The second kappa shape index (κ2) is 6.83. The Balaban J connectivity index is 1.63. The van der Waals surface area contributed by atoms with Crippen LogP contribution in [0, 0.1) is 15.2 Å². The molecular weight excluding hydrogens is 435 g/mol. The van der Waals surface area contributed by atoms with Gasteiger partial charge in [0.2, 0.25) is 5.91 Å². The van der Waals surface area contributed by atoms with Gasteiger partial charge < -0.3 is 10.3 Å². The number of fused-ring (bicyclic) bond motifs is 1. The van der Waals surface area contributed by atoms with E-state index in [1.165, 1.54) is 0 Å². The van der Waals surface area contributed by atoms with Crippen molar-refractivity contribution in [1.29, 1.82) is 0 Å². The van der Waals surface area contributed by atoms with E-state index in [1.54, 1.807) is 0 Å². The van der Waals surface area contributed by atoms with Gasteiger partial charge in [0.25, 0.3) is 0 Å². The zero-order valence-electron chi connectivity index (χ0n) is 11.6. The van der Waals surface area contributed by atoms with E-state index < -0.39 is 11.6 Å². The summed E-state index contributed by atoms with van der Waals surface area (Å²) in [6.07, 6.45) is 0. The lowest BCUT2D eigenvalue weighted by Gasteiger charge is -2.04. The van der Waals surface area contributed by atoms with Crippen molar-refractivity contribution in [3.63, 3.8) is 0 Å². The molecule has 0 fully saturated rings. The highest BCUT2D eigenvalue weighted by Crippen LogP contribution is 2.22. The minimum Gasteiger partial charge on any atom is -0.333 e. The van der Waals surface area contributed by atoms with E-state index in [1.807, 2.05) is 24.3 Å². The average Bonchev–Trinajstić information content (AvgIpc) is 2.90. The third-order valence-corrected chi connectivity index (χ3v) is 4.56. The van der Waals surface area contributed by atoms with Crippen LogP contribution in [0.4, 0.5) is 14.5 Å². The lowest BCUT2D eigenvalue weighted by atomic mass is 10.3. The van der Waals surface area contributed by atoms with Gasteiger partial charge in [0.05, 0.1) is 16.8 Å². The van der Waals surface area contributed by atoms with Crippen molar-refractivity contribution >= 4 is 57.0 Å². The van der Waals surface area contributed by atoms with Gasteiger partial charge in [0, 0.05) is 21.4 Å². The largest absolute Gasteiger partial charge is 0.333 e. The fraction of sp³-hybridized carbons (Fsp3) is 0.0667. The van der Waals surface area contributed by atoms with Gasteiger partial charge in [0.1, 0.15) is 0 Å². The average molecular weight is 445 g/mol. The van der Waals surface area contributed by atoms with Crippen LogP contribution in [-0.2, 0) is 4.79 Å². The van der Waals surface area contributed by atoms with Crippen molar-refractivity contribution in [2.45, 2.75) is 5.16 Å². The molecule has 118 valence electrons. The first-order chi connectivity index (χ1) is 11.0. The van der Waals surface area contributed by atoms with Gasteiger partial charge in [-0.05, 0) is 46.9 Å². The number of aromatic nitrogens is 2. The molecule has 0 saturated carbocycles. The number of rotatable bonds is 4. The van der Waals surface area contributed by atoms with Crippen LogP contribution in [0.1, 0.15) is 0 Å². The fourth-order valence-electron chi connectivity index (χ4n) is 1.91. The molecule has 0 atom stereocenters. The molecule has 0 unspecified atom stereocenters. The Kier molecular flexibility index (Phi) is 4.81. The number of anilines is 1. The minimum absolute atomic E-state index is 0.136. The quantitative estimate of drug-likeness (QED) is 0.468. The number of hydrogen-bond acceptors (Lipinski definition) is 3. The topological polar surface area (TPSA) is 57.8 Å². The molecular formula is C15H10F2IN3OS. The number of H-pyrrole nitrogens is 1. The molecule has 1 aromatic heterocycles. The molecule has 0 spiro atoms. The molecule has 0 saturated heterocycles. The van der Waals surface area contributed by atoms with E-state index in [0.29, 0.717) is 21.9 Å². The molecule has 2 aromatic carbocycles. The maximum atomic E-state index is 13.1. The number of benzene rings is 2. The van der Waals surface area contributed by atoms with E-state index in [9.17, 15) is 13.6 Å². The third kappa shape index (κ3) is 3.99. The first-order valence-corrected chi connectivity index (χ1v) is 8.61. The van der Waals surface area contributed by atoms with Crippen LogP contribution < -0.4 is 5.32 Å². The van der Waals surface area contributed by atoms with Crippen LogP contribution in [-0.4, -0.2) is 21.6 Å². The van der Waals surface area contributed by atoms with Gasteiger partial charge in [-0.1, -0.05) is 11.8 Å². The summed E-state index contributed by atoms with van der Waals surface area (Å²) in [6, 6.07) is 9.50. The van der Waals surface area contributed by atoms with Crippen molar-refractivity contribution in [2.24, 2.45) is 0 Å². The van der Waals surface area contributed by atoms with Crippen LogP contribution >= 0.6 is 34.4 Å².